The number of hydrogen-bond donors (Lipinski definition) is 0. The Morgan fingerprint density at radius 2 is 2.29 bits per heavy atom. The highest BCUT2D eigenvalue weighted by Crippen LogP contribution is 2.10. The average Bonchev–Trinajstić information content (AvgIpc) is 2.19. The second-order valence-corrected chi connectivity index (χ2v) is 3.00. The zero-order chi connectivity index (χ0) is 10.1. The maximum absolute atomic E-state index is 12.9. The van der Waals surface area contributed by atoms with Gasteiger partial charge in [-0.3, -0.25) is 4.79 Å². The molecular formula is C10H9FN2O. The topological polar surface area (TPSA) is 34.9 Å². The molecule has 0 fully saturated rings. The molecule has 0 aliphatic rings. The Bertz CT molecular complexity index is 533. The quantitative estimate of drug-likeness (QED) is 0.687. The predicted molar refractivity (Wildman–Crippen MR) is 51.6 cm³/mol. The number of rotatable bonds is 1. The van der Waals surface area contributed by atoms with E-state index in [1.165, 1.54) is 18.5 Å². The van der Waals surface area contributed by atoms with Crippen LogP contribution in [0.25, 0.3) is 10.9 Å². The SMILES string of the molecule is CCn1cnc(=O)c2cc(F)ccc21. The van der Waals surface area contributed by atoms with E-state index < -0.39 is 5.82 Å². The third kappa shape index (κ3) is 1.28. The third-order valence-corrected chi connectivity index (χ3v) is 2.15. The lowest BCUT2D eigenvalue weighted by Crippen LogP contribution is -2.11. The predicted octanol–water partition coefficient (Wildman–Crippen LogP) is 1.56. The maximum atomic E-state index is 12.9. The summed E-state index contributed by atoms with van der Waals surface area (Å²) in [5.74, 6) is -0.412. The first-order valence-electron chi connectivity index (χ1n) is 4.37. The van der Waals surface area contributed by atoms with Crippen LogP contribution in [0.2, 0.25) is 0 Å². The molecule has 1 aromatic carbocycles. The lowest BCUT2D eigenvalue weighted by Gasteiger charge is -2.05. The first-order chi connectivity index (χ1) is 6.72. The van der Waals surface area contributed by atoms with Crippen molar-refractivity contribution < 1.29 is 4.39 Å². The van der Waals surface area contributed by atoms with Crippen molar-refractivity contribution in [2.24, 2.45) is 0 Å². The third-order valence-electron chi connectivity index (χ3n) is 2.15. The molecule has 0 saturated heterocycles. The van der Waals surface area contributed by atoms with Crippen LogP contribution in [-0.2, 0) is 6.54 Å². The summed E-state index contributed by atoms with van der Waals surface area (Å²) in [5.41, 5.74) is 0.332. The number of aromatic nitrogens is 2. The van der Waals surface area contributed by atoms with Gasteiger partial charge in [0.1, 0.15) is 5.82 Å². The zero-order valence-electron chi connectivity index (χ0n) is 7.70. The monoisotopic (exact) mass is 192 g/mol. The first kappa shape index (κ1) is 8.87. The van der Waals surface area contributed by atoms with Crippen LogP contribution in [0.5, 0.6) is 0 Å². The Kier molecular flexibility index (Phi) is 2.04. The molecule has 0 spiro atoms. The summed E-state index contributed by atoms with van der Waals surface area (Å²) in [6.07, 6.45) is 1.47. The Morgan fingerprint density at radius 1 is 1.50 bits per heavy atom. The van der Waals surface area contributed by atoms with Gasteiger partial charge in [0.2, 0.25) is 0 Å². The molecule has 0 radical (unpaired) electrons. The number of halogens is 1. The van der Waals surface area contributed by atoms with Gasteiger partial charge < -0.3 is 4.57 Å². The van der Waals surface area contributed by atoms with Crippen molar-refractivity contribution in [1.82, 2.24) is 9.55 Å². The van der Waals surface area contributed by atoms with Crippen LogP contribution in [0.15, 0.2) is 29.3 Å². The Labute approximate surface area is 79.8 Å². The Balaban J connectivity index is 2.91. The molecule has 1 heterocycles. The smallest absolute Gasteiger partial charge is 0.280 e. The Morgan fingerprint density at radius 3 is 3.00 bits per heavy atom. The highest BCUT2D eigenvalue weighted by molar-refractivity contribution is 5.77. The summed E-state index contributed by atoms with van der Waals surface area (Å²) in [6.45, 7) is 2.64. The molecule has 0 amide bonds. The molecule has 2 aromatic rings. The molecule has 0 saturated carbocycles. The van der Waals surface area contributed by atoms with Crippen LogP contribution in [0.1, 0.15) is 6.92 Å². The van der Waals surface area contributed by atoms with Gasteiger partial charge in [0.05, 0.1) is 17.2 Å². The van der Waals surface area contributed by atoms with Crippen LogP contribution in [0, 0.1) is 5.82 Å². The van der Waals surface area contributed by atoms with Gasteiger partial charge in [-0.2, -0.15) is 4.98 Å². The molecule has 0 aliphatic carbocycles. The minimum absolute atomic E-state index is 0.328. The van der Waals surface area contributed by atoms with E-state index in [1.807, 2.05) is 6.92 Å². The maximum Gasteiger partial charge on any atom is 0.280 e. The second kappa shape index (κ2) is 3.21. The van der Waals surface area contributed by atoms with Crippen LogP contribution in [-0.4, -0.2) is 9.55 Å². The van der Waals surface area contributed by atoms with E-state index in [1.54, 1.807) is 10.6 Å². The second-order valence-electron chi connectivity index (χ2n) is 3.00. The van der Waals surface area contributed by atoms with Crippen molar-refractivity contribution in [3.63, 3.8) is 0 Å². The van der Waals surface area contributed by atoms with Gasteiger partial charge in [-0.25, -0.2) is 4.39 Å². The summed E-state index contributed by atoms with van der Waals surface area (Å²) < 4.78 is 14.7. The summed E-state index contributed by atoms with van der Waals surface area (Å²) in [6, 6.07) is 4.15. The fourth-order valence-electron chi connectivity index (χ4n) is 1.44. The lowest BCUT2D eigenvalue weighted by atomic mass is 10.2. The molecule has 14 heavy (non-hydrogen) atoms. The summed E-state index contributed by atoms with van der Waals surface area (Å²) >= 11 is 0. The molecule has 2 rings (SSSR count). The van der Waals surface area contributed by atoms with E-state index >= 15 is 0 Å². The molecular weight excluding hydrogens is 183 g/mol. The van der Waals surface area contributed by atoms with Gasteiger partial charge in [-0.05, 0) is 25.1 Å². The molecule has 0 N–H and O–H groups in total. The molecule has 72 valence electrons. The van der Waals surface area contributed by atoms with E-state index in [4.69, 9.17) is 0 Å². The van der Waals surface area contributed by atoms with Gasteiger partial charge in [-0.1, -0.05) is 0 Å². The fourth-order valence-corrected chi connectivity index (χ4v) is 1.44. The normalized spacial score (nSPS) is 10.7. The van der Waals surface area contributed by atoms with Crippen LogP contribution in [0.3, 0.4) is 0 Å². The Hall–Kier alpha value is -1.71. The van der Waals surface area contributed by atoms with Crippen LogP contribution >= 0.6 is 0 Å². The molecule has 4 heteroatoms. The van der Waals surface area contributed by atoms with Gasteiger partial charge >= 0.3 is 0 Å². The van der Waals surface area contributed by atoms with Gasteiger partial charge in [-0.15, -0.1) is 0 Å². The fraction of sp³-hybridized carbons (Fsp3) is 0.200. The minimum Gasteiger partial charge on any atom is -0.332 e. The number of fused-ring (bicyclic) bond motifs is 1. The van der Waals surface area contributed by atoms with Crippen molar-refractivity contribution in [2.75, 3.05) is 0 Å². The molecule has 0 atom stereocenters. The largest absolute Gasteiger partial charge is 0.332 e. The number of benzene rings is 1. The van der Waals surface area contributed by atoms with E-state index in [-0.39, 0.29) is 5.56 Å². The number of nitrogens with zero attached hydrogens (tertiary/aromatic N) is 2. The number of hydrogen-bond acceptors (Lipinski definition) is 2. The van der Waals surface area contributed by atoms with Crippen molar-refractivity contribution >= 4 is 10.9 Å². The van der Waals surface area contributed by atoms with E-state index in [0.29, 0.717) is 17.4 Å². The molecule has 3 nitrogen and oxygen atoms in total. The van der Waals surface area contributed by atoms with E-state index in [2.05, 4.69) is 4.98 Å². The average molecular weight is 192 g/mol. The molecule has 1 aromatic heterocycles. The standard InChI is InChI=1S/C10H9FN2O/c1-2-13-6-12-10(14)8-5-7(11)3-4-9(8)13/h3-6H,2H2,1H3. The lowest BCUT2D eigenvalue weighted by molar-refractivity contribution is 0.628. The highest BCUT2D eigenvalue weighted by Gasteiger charge is 2.03. The van der Waals surface area contributed by atoms with Crippen molar-refractivity contribution in [1.29, 1.82) is 0 Å². The molecule has 0 bridgehead atoms. The van der Waals surface area contributed by atoms with Gasteiger partial charge in [0.25, 0.3) is 5.56 Å². The van der Waals surface area contributed by atoms with Gasteiger partial charge in [0.15, 0.2) is 0 Å². The highest BCUT2D eigenvalue weighted by atomic mass is 19.1. The van der Waals surface area contributed by atoms with Crippen molar-refractivity contribution in [3.8, 4) is 0 Å². The number of aryl methyl sites for hydroxylation is 1. The van der Waals surface area contributed by atoms with E-state index in [9.17, 15) is 9.18 Å². The van der Waals surface area contributed by atoms with Crippen LogP contribution in [0.4, 0.5) is 4.39 Å². The van der Waals surface area contributed by atoms with Crippen molar-refractivity contribution in [3.05, 3.63) is 40.7 Å². The summed E-state index contributed by atoms with van der Waals surface area (Å²) in [4.78, 5) is 15.0. The summed E-state index contributed by atoms with van der Waals surface area (Å²) in [7, 11) is 0. The summed E-state index contributed by atoms with van der Waals surface area (Å²) in [5, 5.41) is 0.328. The van der Waals surface area contributed by atoms with E-state index in [0.717, 1.165) is 0 Å². The molecule has 0 aliphatic heterocycles. The minimum atomic E-state index is -0.412. The molecule has 0 unspecified atom stereocenters. The van der Waals surface area contributed by atoms with Gasteiger partial charge in [0, 0.05) is 6.54 Å². The zero-order valence-corrected chi connectivity index (χ0v) is 7.70. The van der Waals surface area contributed by atoms with Crippen LogP contribution < -0.4 is 5.56 Å². The first-order valence-corrected chi connectivity index (χ1v) is 4.37. The van der Waals surface area contributed by atoms with Crippen molar-refractivity contribution in [2.45, 2.75) is 13.5 Å².